The maximum absolute atomic E-state index is 14.0. The number of para-hydroxylation sites is 1. The van der Waals surface area contributed by atoms with E-state index >= 15 is 0 Å². The van der Waals surface area contributed by atoms with Crippen molar-refractivity contribution in [2.45, 2.75) is 26.4 Å². The molecular weight excluding hydrogens is 319 g/mol. The van der Waals surface area contributed by atoms with Crippen molar-refractivity contribution < 1.29 is 4.39 Å². The third kappa shape index (κ3) is 3.46. The Morgan fingerprint density at radius 1 is 1.28 bits per heavy atom. The molecule has 1 unspecified atom stereocenters. The Kier molecular flexibility index (Phi) is 4.31. The molecule has 25 heavy (non-hydrogen) atoms. The number of likely N-dealkylation sites (tertiary alicyclic amines) is 1. The van der Waals surface area contributed by atoms with E-state index in [-0.39, 0.29) is 5.82 Å². The molecule has 1 atom stereocenters. The second kappa shape index (κ2) is 6.76. The van der Waals surface area contributed by atoms with Gasteiger partial charge >= 0.3 is 0 Å². The summed E-state index contributed by atoms with van der Waals surface area (Å²) in [5, 5.41) is 12.4. The van der Waals surface area contributed by atoms with Gasteiger partial charge in [-0.1, -0.05) is 17.3 Å². The molecule has 130 valence electrons. The molecule has 0 aliphatic carbocycles. The fourth-order valence-electron chi connectivity index (χ4n) is 3.45. The molecule has 1 saturated heterocycles. The quantitative estimate of drug-likeness (QED) is 0.716. The van der Waals surface area contributed by atoms with Crippen LogP contribution in [0.25, 0.3) is 5.69 Å². The van der Waals surface area contributed by atoms with E-state index in [1.165, 1.54) is 6.07 Å². The molecule has 0 spiro atoms. The summed E-state index contributed by atoms with van der Waals surface area (Å²) in [6.45, 7) is 5.82. The van der Waals surface area contributed by atoms with Crippen molar-refractivity contribution in [3.05, 3.63) is 59.9 Å². The van der Waals surface area contributed by atoms with E-state index in [9.17, 15) is 4.39 Å². The Hall–Kier alpha value is -2.54. The predicted octanol–water partition coefficient (Wildman–Crippen LogP) is 2.43. The van der Waals surface area contributed by atoms with Gasteiger partial charge in [-0.3, -0.25) is 9.58 Å². The van der Waals surface area contributed by atoms with Crippen molar-refractivity contribution in [1.82, 2.24) is 29.7 Å². The van der Waals surface area contributed by atoms with Crippen LogP contribution in [-0.4, -0.2) is 42.8 Å². The molecule has 6 nitrogen and oxygen atoms in total. The summed E-state index contributed by atoms with van der Waals surface area (Å²) in [6.07, 6.45) is 6.72. The second-order valence-electron chi connectivity index (χ2n) is 6.65. The summed E-state index contributed by atoms with van der Waals surface area (Å²) in [5.74, 6) is 0.328. The highest BCUT2D eigenvalue weighted by atomic mass is 19.1. The highest BCUT2D eigenvalue weighted by molar-refractivity contribution is 5.34. The fraction of sp³-hybridized carbons (Fsp3) is 0.389. The van der Waals surface area contributed by atoms with E-state index in [1.54, 1.807) is 23.0 Å². The van der Waals surface area contributed by atoms with E-state index < -0.39 is 0 Å². The van der Waals surface area contributed by atoms with Gasteiger partial charge in [0.25, 0.3) is 0 Å². The summed E-state index contributed by atoms with van der Waals surface area (Å²) in [6, 6.07) is 6.72. The van der Waals surface area contributed by atoms with E-state index in [4.69, 9.17) is 0 Å². The lowest BCUT2D eigenvalue weighted by atomic mass is 10.1. The third-order valence-corrected chi connectivity index (χ3v) is 4.78. The summed E-state index contributed by atoms with van der Waals surface area (Å²) < 4.78 is 17.5. The molecule has 4 rings (SSSR count). The number of rotatable bonds is 5. The van der Waals surface area contributed by atoms with Crippen LogP contribution in [0.5, 0.6) is 0 Å². The molecule has 1 aromatic carbocycles. The number of hydrogen-bond donors (Lipinski definition) is 0. The lowest BCUT2D eigenvalue weighted by Gasteiger charge is -2.15. The van der Waals surface area contributed by atoms with Gasteiger partial charge in [0, 0.05) is 37.6 Å². The number of benzene rings is 1. The molecule has 0 N–H and O–H groups in total. The fourth-order valence-corrected chi connectivity index (χ4v) is 3.45. The minimum absolute atomic E-state index is 0.259. The minimum Gasteiger partial charge on any atom is -0.299 e. The van der Waals surface area contributed by atoms with Gasteiger partial charge in [0.2, 0.25) is 0 Å². The number of aryl methyl sites for hydroxylation is 1. The predicted molar refractivity (Wildman–Crippen MR) is 91.7 cm³/mol. The van der Waals surface area contributed by atoms with E-state index in [2.05, 4.69) is 20.3 Å². The van der Waals surface area contributed by atoms with Crippen LogP contribution in [0, 0.1) is 18.7 Å². The monoisotopic (exact) mass is 340 g/mol. The summed E-state index contributed by atoms with van der Waals surface area (Å²) in [5.41, 5.74) is 2.58. The molecule has 1 aliphatic rings. The molecule has 7 heteroatoms. The van der Waals surface area contributed by atoms with Gasteiger partial charge in [-0.15, -0.1) is 5.10 Å². The molecule has 3 aromatic rings. The average Bonchev–Trinajstić information content (AvgIpc) is 3.32. The van der Waals surface area contributed by atoms with Crippen LogP contribution in [0.1, 0.15) is 17.7 Å². The van der Waals surface area contributed by atoms with Crippen molar-refractivity contribution in [3.8, 4) is 5.69 Å². The van der Waals surface area contributed by atoms with Crippen LogP contribution in [-0.2, 0) is 13.1 Å². The largest absolute Gasteiger partial charge is 0.299 e. The molecule has 2 aromatic heterocycles. The van der Waals surface area contributed by atoms with Crippen molar-refractivity contribution in [1.29, 1.82) is 0 Å². The van der Waals surface area contributed by atoms with Crippen molar-refractivity contribution in [2.24, 2.45) is 5.92 Å². The first-order chi connectivity index (χ1) is 12.2. The van der Waals surface area contributed by atoms with E-state index in [0.29, 0.717) is 11.6 Å². The molecule has 1 aliphatic heterocycles. The zero-order valence-corrected chi connectivity index (χ0v) is 14.2. The van der Waals surface area contributed by atoms with Crippen molar-refractivity contribution in [3.63, 3.8) is 0 Å². The van der Waals surface area contributed by atoms with E-state index in [0.717, 1.165) is 43.9 Å². The normalized spacial score (nSPS) is 18.1. The van der Waals surface area contributed by atoms with Crippen molar-refractivity contribution >= 4 is 0 Å². The van der Waals surface area contributed by atoms with Crippen LogP contribution in [0.3, 0.4) is 0 Å². The number of halogens is 1. The number of nitrogens with zero attached hydrogens (tertiary/aromatic N) is 6. The van der Waals surface area contributed by atoms with Crippen LogP contribution < -0.4 is 0 Å². The smallest absolute Gasteiger partial charge is 0.148 e. The van der Waals surface area contributed by atoms with Crippen LogP contribution in [0.4, 0.5) is 4.39 Å². The molecule has 0 amide bonds. The first kappa shape index (κ1) is 16.0. The minimum atomic E-state index is -0.259. The van der Waals surface area contributed by atoms with Crippen LogP contribution in [0.2, 0.25) is 0 Å². The Labute approximate surface area is 145 Å². The Balaban J connectivity index is 1.43. The lowest BCUT2D eigenvalue weighted by Crippen LogP contribution is -2.21. The highest BCUT2D eigenvalue weighted by Crippen LogP contribution is 2.22. The first-order valence-corrected chi connectivity index (χ1v) is 8.55. The summed E-state index contributed by atoms with van der Waals surface area (Å²) >= 11 is 0. The molecular formula is C18H21FN6. The summed E-state index contributed by atoms with van der Waals surface area (Å²) in [7, 11) is 0. The second-order valence-corrected chi connectivity index (χ2v) is 6.65. The zero-order chi connectivity index (χ0) is 17.2. The van der Waals surface area contributed by atoms with Gasteiger partial charge < -0.3 is 0 Å². The van der Waals surface area contributed by atoms with Crippen LogP contribution in [0.15, 0.2) is 42.9 Å². The van der Waals surface area contributed by atoms with Crippen LogP contribution >= 0.6 is 0 Å². The molecule has 0 saturated carbocycles. The molecule has 0 radical (unpaired) electrons. The maximum Gasteiger partial charge on any atom is 0.148 e. The zero-order valence-electron chi connectivity index (χ0n) is 14.2. The lowest BCUT2D eigenvalue weighted by molar-refractivity contribution is 0.305. The first-order valence-electron chi connectivity index (χ1n) is 8.55. The van der Waals surface area contributed by atoms with E-state index in [1.807, 2.05) is 30.1 Å². The van der Waals surface area contributed by atoms with Gasteiger partial charge in [0.1, 0.15) is 11.5 Å². The topological polar surface area (TPSA) is 51.8 Å². The van der Waals surface area contributed by atoms with Gasteiger partial charge in [-0.05, 0) is 37.9 Å². The average molecular weight is 340 g/mol. The molecule has 3 heterocycles. The van der Waals surface area contributed by atoms with Gasteiger partial charge in [0.05, 0.1) is 11.9 Å². The number of aromatic nitrogens is 5. The highest BCUT2D eigenvalue weighted by Gasteiger charge is 2.24. The molecule has 0 bridgehead atoms. The summed E-state index contributed by atoms with van der Waals surface area (Å²) in [4.78, 5) is 2.43. The van der Waals surface area contributed by atoms with Gasteiger partial charge in [-0.2, -0.15) is 5.10 Å². The van der Waals surface area contributed by atoms with Crippen molar-refractivity contribution in [2.75, 3.05) is 13.1 Å². The third-order valence-electron chi connectivity index (χ3n) is 4.78. The Morgan fingerprint density at radius 2 is 2.16 bits per heavy atom. The Morgan fingerprint density at radius 3 is 2.96 bits per heavy atom. The van der Waals surface area contributed by atoms with Gasteiger partial charge in [0.15, 0.2) is 0 Å². The van der Waals surface area contributed by atoms with Gasteiger partial charge in [-0.25, -0.2) is 9.07 Å². The maximum atomic E-state index is 14.0. The number of hydrogen-bond acceptors (Lipinski definition) is 4. The Bertz CT molecular complexity index is 841. The standard InChI is InChI=1S/C18H21FN6/c1-14-16(13-25(21-14)18-5-3-2-4-17(18)19)12-23-8-6-15(10-23)11-24-9-7-20-22-24/h2-5,7,9,13,15H,6,8,10-12H2,1H3. The molecule has 1 fully saturated rings. The SMILES string of the molecule is Cc1nn(-c2ccccc2F)cc1CN1CCC(Cn2ccnn2)C1.